The van der Waals surface area contributed by atoms with Crippen LogP contribution in [-0.4, -0.2) is 22.3 Å². The molecule has 166 valence electrons. The van der Waals surface area contributed by atoms with Crippen molar-refractivity contribution in [2.75, 3.05) is 10.6 Å². The second-order valence-electron chi connectivity index (χ2n) is 6.50. The van der Waals surface area contributed by atoms with Gasteiger partial charge in [-0.3, -0.25) is 9.59 Å². The number of amides is 2. The van der Waals surface area contributed by atoms with E-state index in [-0.39, 0.29) is 38.6 Å². The van der Waals surface area contributed by atoms with Crippen molar-refractivity contribution >= 4 is 62.5 Å². The van der Waals surface area contributed by atoms with Gasteiger partial charge in [0.2, 0.25) is 0 Å². The van der Waals surface area contributed by atoms with Crippen molar-refractivity contribution < 1.29 is 22.8 Å². The number of hydrogen-bond acceptors (Lipinski definition) is 4. The van der Waals surface area contributed by atoms with Crippen LogP contribution in [0.1, 0.15) is 26.3 Å². The van der Waals surface area contributed by atoms with Crippen molar-refractivity contribution in [3.05, 3.63) is 81.0 Å². The summed E-state index contributed by atoms with van der Waals surface area (Å²) in [5.74, 6) is -1.17. The van der Waals surface area contributed by atoms with Gasteiger partial charge in [-0.05, 0) is 82.6 Å². The second-order valence-corrected chi connectivity index (χ2v) is 8.82. The van der Waals surface area contributed by atoms with E-state index in [1.54, 1.807) is 25.1 Å². The van der Waals surface area contributed by atoms with E-state index in [0.717, 1.165) is 0 Å². The molecule has 2 amide bonds. The van der Waals surface area contributed by atoms with Crippen LogP contribution in [0.15, 0.2) is 64.1 Å². The summed E-state index contributed by atoms with van der Waals surface area (Å²) in [5, 5.41) is 5.16. The van der Waals surface area contributed by atoms with Gasteiger partial charge in [-0.25, -0.2) is 4.98 Å². The number of benzene rings is 2. The Morgan fingerprint density at radius 3 is 2.50 bits per heavy atom. The van der Waals surface area contributed by atoms with E-state index >= 15 is 0 Å². The van der Waals surface area contributed by atoms with Crippen LogP contribution in [0.4, 0.5) is 24.5 Å². The van der Waals surface area contributed by atoms with Crippen LogP contribution in [0.5, 0.6) is 0 Å². The first-order valence-electron chi connectivity index (χ1n) is 8.92. The number of nitrogens with zero attached hydrogens (tertiary/aromatic N) is 1. The number of anilines is 2. The van der Waals surface area contributed by atoms with Crippen LogP contribution >= 0.6 is 39.3 Å². The van der Waals surface area contributed by atoms with Crippen molar-refractivity contribution in [3.8, 4) is 0 Å². The monoisotopic (exact) mass is 543 g/mol. The highest BCUT2D eigenvalue weighted by atomic mass is 79.9. The fourth-order valence-electron chi connectivity index (χ4n) is 2.71. The molecule has 11 heteroatoms. The fourth-order valence-corrected chi connectivity index (χ4v) is 4.48. The Balaban J connectivity index is 1.83. The molecule has 3 rings (SSSR count). The smallest absolute Gasteiger partial charge is 0.322 e. The summed E-state index contributed by atoms with van der Waals surface area (Å²) in [7, 11) is 0. The lowest BCUT2D eigenvalue weighted by Crippen LogP contribution is -2.16. The molecular formula is C21H14BrClF3N3O2S. The van der Waals surface area contributed by atoms with Crippen molar-refractivity contribution in [2.45, 2.75) is 17.3 Å². The minimum atomic E-state index is -4.52. The van der Waals surface area contributed by atoms with Gasteiger partial charge in [0.25, 0.3) is 11.8 Å². The van der Waals surface area contributed by atoms with Gasteiger partial charge >= 0.3 is 5.51 Å². The lowest BCUT2D eigenvalue weighted by atomic mass is 10.1. The van der Waals surface area contributed by atoms with Gasteiger partial charge in [0, 0.05) is 26.8 Å². The molecule has 0 unspecified atom stereocenters. The zero-order valence-electron chi connectivity index (χ0n) is 16.3. The zero-order chi connectivity index (χ0) is 23.5. The van der Waals surface area contributed by atoms with E-state index in [4.69, 9.17) is 11.6 Å². The molecule has 0 atom stereocenters. The zero-order valence-corrected chi connectivity index (χ0v) is 19.4. The van der Waals surface area contributed by atoms with Crippen molar-refractivity contribution in [1.29, 1.82) is 0 Å². The van der Waals surface area contributed by atoms with Gasteiger partial charge in [-0.15, -0.1) is 0 Å². The number of alkyl halides is 3. The quantitative estimate of drug-likeness (QED) is 0.270. The van der Waals surface area contributed by atoms with Crippen LogP contribution in [0.3, 0.4) is 0 Å². The highest BCUT2D eigenvalue weighted by molar-refractivity contribution is 9.10. The molecule has 0 bridgehead atoms. The first kappa shape index (κ1) is 24.1. The normalized spacial score (nSPS) is 11.2. The third-order valence-corrected chi connectivity index (χ3v) is 5.75. The highest BCUT2D eigenvalue weighted by Crippen LogP contribution is 2.43. The molecule has 0 saturated heterocycles. The molecule has 2 aromatic carbocycles. The number of hydrogen-bond donors (Lipinski definition) is 2. The number of carbonyl (C=O) groups excluding carboxylic acids is 2. The van der Waals surface area contributed by atoms with Crippen molar-refractivity contribution in [1.82, 2.24) is 4.98 Å². The summed E-state index contributed by atoms with van der Waals surface area (Å²) >= 11 is 8.82. The molecule has 1 aromatic heterocycles. The van der Waals surface area contributed by atoms with E-state index in [0.29, 0.717) is 15.7 Å². The average molecular weight is 545 g/mol. The Kier molecular flexibility index (Phi) is 7.47. The minimum absolute atomic E-state index is 0.000458. The number of thioether (sulfide) groups is 1. The Hall–Kier alpha value is -2.56. The van der Waals surface area contributed by atoms with Crippen LogP contribution in [0.2, 0.25) is 5.15 Å². The number of halogens is 5. The van der Waals surface area contributed by atoms with Crippen molar-refractivity contribution in [3.63, 3.8) is 0 Å². The molecular weight excluding hydrogens is 531 g/mol. The first-order valence-corrected chi connectivity index (χ1v) is 10.9. The Morgan fingerprint density at radius 2 is 1.81 bits per heavy atom. The molecule has 0 aliphatic rings. The van der Waals surface area contributed by atoms with Crippen LogP contribution in [0, 0.1) is 6.92 Å². The number of aromatic nitrogens is 1. The van der Waals surface area contributed by atoms with Crippen LogP contribution < -0.4 is 10.6 Å². The van der Waals surface area contributed by atoms with Gasteiger partial charge in [-0.1, -0.05) is 17.7 Å². The fraction of sp³-hybridized carbons (Fsp3) is 0.0952. The van der Waals surface area contributed by atoms with Gasteiger partial charge < -0.3 is 10.6 Å². The third-order valence-electron chi connectivity index (χ3n) is 4.05. The average Bonchev–Trinajstić information content (AvgIpc) is 2.69. The summed E-state index contributed by atoms with van der Waals surface area (Å²) in [5.41, 5.74) is -3.34. The molecule has 32 heavy (non-hydrogen) atoms. The Morgan fingerprint density at radius 1 is 1.06 bits per heavy atom. The first-order chi connectivity index (χ1) is 15.0. The molecule has 3 aromatic rings. The molecule has 0 spiro atoms. The Labute approximate surface area is 198 Å². The highest BCUT2D eigenvalue weighted by Gasteiger charge is 2.31. The topological polar surface area (TPSA) is 71.1 Å². The molecule has 0 fully saturated rings. The lowest BCUT2D eigenvalue weighted by molar-refractivity contribution is -0.0328. The maximum Gasteiger partial charge on any atom is 0.446 e. The maximum atomic E-state index is 13.0. The number of pyridine rings is 1. The van der Waals surface area contributed by atoms with Gasteiger partial charge in [0.1, 0.15) is 5.15 Å². The summed E-state index contributed by atoms with van der Waals surface area (Å²) in [6, 6.07) is 12.0. The summed E-state index contributed by atoms with van der Waals surface area (Å²) < 4.78 is 39.2. The van der Waals surface area contributed by atoms with E-state index in [9.17, 15) is 22.8 Å². The number of aryl methyl sites for hydroxylation is 1. The van der Waals surface area contributed by atoms with Crippen LogP contribution in [0.25, 0.3) is 0 Å². The number of nitrogens with one attached hydrogen (secondary N) is 2. The molecule has 0 aliphatic carbocycles. The number of carbonyl (C=O) groups is 2. The maximum absolute atomic E-state index is 13.0. The van der Waals surface area contributed by atoms with E-state index < -0.39 is 17.3 Å². The SMILES string of the molecule is Cc1cc(Br)c(NC(=O)c2cccc(NC(=O)c3cccnc3Cl)c2)c(SC(F)(F)F)c1. The van der Waals surface area contributed by atoms with Gasteiger partial charge in [0.05, 0.1) is 11.3 Å². The number of rotatable bonds is 5. The second kappa shape index (κ2) is 9.93. The van der Waals surface area contributed by atoms with E-state index in [1.807, 2.05) is 0 Å². The predicted octanol–water partition coefficient (Wildman–Crippen LogP) is 6.92. The summed E-state index contributed by atoms with van der Waals surface area (Å²) in [6.45, 7) is 1.65. The van der Waals surface area contributed by atoms with Crippen LogP contribution in [-0.2, 0) is 0 Å². The molecule has 2 N–H and O–H groups in total. The largest absolute Gasteiger partial charge is 0.446 e. The minimum Gasteiger partial charge on any atom is -0.322 e. The Bertz CT molecular complexity index is 1190. The molecule has 0 aliphatic heterocycles. The van der Waals surface area contributed by atoms with Gasteiger partial charge in [-0.2, -0.15) is 13.2 Å². The molecule has 1 heterocycles. The lowest BCUT2D eigenvalue weighted by Gasteiger charge is -2.15. The van der Waals surface area contributed by atoms with E-state index in [1.165, 1.54) is 36.5 Å². The predicted molar refractivity (Wildman–Crippen MR) is 122 cm³/mol. The van der Waals surface area contributed by atoms with E-state index in [2.05, 4.69) is 31.5 Å². The molecule has 0 radical (unpaired) electrons. The summed E-state index contributed by atoms with van der Waals surface area (Å²) in [6.07, 6.45) is 1.44. The van der Waals surface area contributed by atoms with Crippen molar-refractivity contribution in [2.24, 2.45) is 0 Å². The molecule has 5 nitrogen and oxygen atoms in total. The summed E-state index contributed by atoms with van der Waals surface area (Å²) in [4.78, 5) is 28.9. The molecule has 0 saturated carbocycles. The van der Waals surface area contributed by atoms with Gasteiger partial charge in [0.15, 0.2) is 0 Å². The standard InChI is InChI=1S/C21H14BrClF3N3O2S/c1-11-8-15(22)17(16(9-11)32-21(24,25)26)29-19(30)12-4-2-5-13(10-12)28-20(31)14-6-3-7-27-18(14)23/h2-10H,1H3,(H,28,31)(H,29,30). The third kappa shape index (κ3) is 6.24.